The van der Waals surface area contributed by atoms with Crippen molar-refractivity contribution in [3.8, 4) is 0 Å². The lowest BCUT2D eigenvalue weighted by Gasteiger charge is -2.24. The lowest BCUT2D eigenvalue weighted by atomic mass is 10.1. The molecule has 4 atom stereocenters. The standard InChI is InChI=1S/C14H23O9P/c1-5-18-24(17,19-6-2)8-10(16)21-11-9(7-15)20-13-12(11)22-14(3,4)23-13/h7,9,11-13H,5-6,8H2,1-4H3/t9-,11+,12-,13-/m1/s1. The van der Waals surface area contributed by atoms with E-state index in [0.717, 1.165) is 0 Å². The monoisotopic (exact) mass is 366 g/mol. The van der Waals surface area contributed by atoms with Crippen LogP contribution in [0.15, 0.2) is 0 Å². The fourth-order valence-electron chi connectivity index (χ4n) is 2.62. The van der Waals surface area contributed by atoms with Crippen LogP contribution in [0.4, 0.5) is 0 Å². The topological polar surface area (TPSA) is 107 Å². The molecule has 0 spiro atoms. The Hall–Kier alpha value is -0.830. The first-order valence-electron chi connectivity index (χ1n) is 7.77. The zero-order valence-corrected chi connectivity index (χ0v) is 15.0. The first-order chi connectivity index (χ1) is 11.2. The highest BCUT2D eigenvalue weighted by atomic mass is 31.2. The second kappa shape index (κ2) is 7.59. The summed E-state index contributed by atoms with van der Waals surface area (Å²) in [6.07, 6.45) is -3.59. The minimum atomic E-state index is -3.59. The third-order valence-corrected chi connectivity index (χ3v) is 5.35. The molecule has 0 aromatic rings. The first-order valence-corrected chi connectivity index (χ1v) is 9.50. The normalized spacial score (nSPS) is 31.7. The summed E-state index contributed by atoms with van der Waals surface area (Å²) in [7, 11) is -3.59. The summed E-state index contributed by atoms with van der Waals surface area (Å²) < 4.78 is 44.3. The summed E-state index contributed by atoms with van der Waals surface area (Å²) in [5, 5.41) is 0. The van der Waals surface area contributed by atoms with E-state index in [-0.39, 0.29) is 13.2 Å². The van der Waals surface area contributed by atoms with E-state index < -0.39 is 50.1 Å². The predicted octanol–water partition coefficient (Wildman–Crippen LogP) is 1.24. The number of aldehydes is 1. The number of esters is 1. The minimum absolute atomic E-state index is 0.129. The Bertz CT molecular complexity index is 510. The van der Waals surface area contributed by atoms with Gasteiger partial charge in [0.15, 0.2) is 36.7 Å². The highest BCUT2D eigenvalue weighted by Crippen LogP contribution is 2.48. The average Bonchev–Trinajstić information content (AvgIpc) is 2.92. The third-order valence-electron chi connectivity index (χ3n) is 3.40. The molecule has 9 nitrogen and oxygen atoms in total. The van der Waals surface area contributed by atoms with Gasteiger partial charge in [-0.05, 0) is 27.7 Å². The van der Waals surface area contributed by atoms with Gasteiger partial charge in [-0.1, -0.05) is 0 Å². The Morgan fingerprint density at radius 3 is 2.38 bits per heavy atom. The molecule has 0 aliphatic carbocycles. The van der Waals surface area contributed by atoms with Crippen molar-refractivity contribution in [2.24, 2.45) is 0 Å². The third kappa shape index (κ3) is 4.41. The van der Waals surface area contributed by atoms with Crippen molar-refractivity contribution < 1.29 is 42.1 Å². The molecule has 2 rings (SSSR count). The number of carbonyl (C=O) groups excluding carboxylic acids is 2. The molecule has 2 heterocycles. The van der Waals surface area contributed by atoms with E-state index in [0.29, 0.717) is 6.29 Å². The molecule has 2 saturated heterocycles. The van der Waals surface area contributed by atoms with Gasteiger partial charge in [-0.15, -0.1) is 0 Å². The van der Waals surface area contributed by atoms with E-state index in [4.69, 9.17) is 28.0 Å². The largest absolute Gasteiger partial charge is 0.456 e. The Balaban J connectivity index is 2.03. The molecular weight excluding hydrogens is 343 g/mol. The van der Waals surface area contributed by atoms with Gasteiger partial charge < -0.3 is 32.8 Å². The maximum absolute atomic E-state index is 12.4. The highest BCUT2D eigenvalue weighted by molar-refractivity contribution is 7.54. The summed E-state index contributed by atoms with van der Waals surface area (Å²) in [4.78, 5) is 23.3. The van der Waals surface area contributed by atoms with E-state index in [1.165, 1.54) is 0 Å². The van der Waals surface area contributed by atoms with Gasteiger partial charge in [-0.25, -0.2) is 0 Å². The molecule has 2 fully saturated rings. The number of rotatable bonds is 8. The van der Waals surface area contributed by atoms with Crippen LogP contribution in [0.3, 0.4) is 0 Å². The smallest absolute Gasteiger partial charge is 0.341 e. The van der Waals surface area contributed by atoms with Crippen molar-refractivity contribution in [1.29, 1.82) is 0 Å². The summed E-state index contributed by atoms with van der Waals surface area (Å²) in [6, 6.07) is 0. The highest BCUT2D eigenvalue weighted by Gasteiger charge is 2.56. The van der Waals surface area contributed by atoms with Crippen LogP contribution >= 0.6 is 7.60 Å². The Kier molecular flexibility index (Phi) is 6.17. The molecule has 0 aromatic heterocycles. The van der Waals surface area contributed by atoms with E-state index in [1.54, 1.807) is 27.7 Å². The van der Waals surface area contributed by atoms with Crippen molar-refractivity contribution in [3.05, 3.63) is 0 Å². The second-order valence-corrected chi connectivity index (χ2v) is 7.82. The van der Waals surface area contributed by atoms with Gasteiger partial charge in [0.25, 0.3) is 0 Å². The molecule has 0 amide bonds. The zero-order valence-electron chi connectivity index (χ0n) is 14.1. The first kappa shape index (κ1) is 19.5. The number of hydrogen-bond donors (Lipinski definition) is 0. The average molecular weight is 366 g/mol. The number of ether oxygens (including phenoxy) is 4. The van der Waals surface area contributed by atoms with Gasteiger partial charge in [0, 0.05) is 0 Å². The van der Waals surface area contributed by atoms with E-state index in [1.807, 2.05) is 0 Å². The van der Waals surface area contributed by atoms with E-state index in [2.05, 4.69) is 0 Å². The van der Waals surface area contributed by atoms with Gasteiger partial charge in [0.2, 0.25) is 0 Å². The summed E-state index contributed by atoms with van der Waals surface area (Å²) in [5.41, 5.74) is 0. The minimum Gasteiger partial charge on any atom is -0.456 e. The Labute approximate surface area is 140 Å². The number of hydrogen-bond acceptors (Lipinski definition) is 9. The molecule has 10 heteroatoms. The molecule has 0 radical (unpaired) electrons. The quantitative estimate of drug-likeness (QED) is 0.356. The summed E-state index contributed by atoms with van der Waals surface area (Å²) in [6.45, 7) is 6.90. The van der Waals surface area contributed by atoms with E-state index in [9.17, 15) is 14.2 Å². The van der Waals surface area contributed by atoms with Gasteiger partial charge in [0.1, 0.15) is 6.16 Å². The van der Waals surface area contributed by atoms with Crippen molar-refractivity contribution >= 4 is 19.9 Å². The molecule has 0 aromatic carbocycles. The maximum Gasteiger partial charge on any atom is 0.341 e. The van der Waals surface area contributed by atoms with E-state index >= 15 is 0 Å². The van der Waals surface area contributed by atoms with Crippen LogP contribution in [0.1, 0.15) is 27.7 Å². The predicted molar refractivity (Wildman–Crippen MR) is 80.4 cm³/mol. The van der Waals surface area contributed by atoms with Crippen molar-refractivity contribution in [3.63, 3.8) is 0 Å². The Morgan fingerprint density at radius 2 is 1.83 bits per heavy atom. The molecule has 0 bridgehead atoms. The molecule has 24 heavy (non-hydrogen) atoms. The van der Waals surface area contributed by atoms with Gasteiger partial charge in [0.05, 0.1) is 13.2 Å². The number of carbonyl (C=O) groups is 2. The zero-order chi connectivity index (χ0) is 18.0. The molecule has 0 N–H and O–H groups in total. The van der Waals surface area contributed by atoms with Crippen LogP contribution in [0.2, 0.25) is 0 Å². The van der Waals surface area contributed by atoms with Crippen LogP contribution in [-0.4, -0.2) is 62.0 Å². The second-order valence-electron chi connectivity index (χ2n) is 5.76. The van der Waals surface area contributed by atoms with Crippen LogP contribution in [-0.2, 0) is 42.1 Å². The molecule has 0 saturated carbocycles. The van der Waals surface area contributed by atoms with Crippen molar-refractivity contribution in [1.82, 2.24) is 0 Å². The van der Waals surface area contributed by atoms with Crippen LogP contribution in [0.5, 0.6) is 0 Å². The lowest BCUT2D eigenvalue weighted by molar-refractivity contribution is -0.215. The van der Waals surface area contributed by atoms with Crippen LogP contribution < -0.4 is 0 Å². The molecular formula is C14H23O9P. The summed E-state index contributed by atoms with van der Waals surface area (Å²) >= 11 is 0. The fraction of sp³-hybridized carbons (Fsp3) is 0.857. The molecule has 138 valence electrons. The molecule has 0 unspecified atom stereocenters. The molecule has 2 aliphatic heterocycles. The van der Waals surface area contributed by atoms with Crippen molar-refractivity contribution in [2.45, 2.75) is 58.1 Å². The van der Waals surface area contributed by atoms with Gasteiger partial charge in [-0.3, -0.25) is 9.36 Å². The maximum atomic E-state index is 12.4. The van der Waals surface area contributed by atoms with Crippen molar-refractivity contribution in [2.75, 3.05) is 19.4 Å². The summed E-state index contributed by atoms with van der Waals surface area (Å²) in [5.74, 6) is -1.74. The van der Waals surface area contributed by atoms with Crippen LogP contribution in [0.25, 0.3) is 0 Å². The van der Waals surface area contributed by atoms with Gasteiger partial charge >= 0.3 is 13.6 Å². The Morgan fingerprint density at radius 1 is 1.21 bits per heavy atom. The lowest BCUT2D eigenvalue weighted by Crippen LogP contribution is -2.39. The number of fused-ring (bicyclic) bond motifs is 1. The molecule has 2 aliphatic rings. The SMILES string of the molecule is CCOP(=O)(CC(=O)O[C@@H]1[C@H]2OC(C)(C)O[C@H]2O[C@@H]1C=O)OCC. The van der Waals surface area contributed by atoms with Gasteiger partial charge in [-0.2, -0.15) is 0 Å². The fourth-order valence-corrected chi connectivity index (χ4v) is 4.05. The van der Waals surface area contributed by atoms with Crippen LogP contribution in [0, 0.1) is 0 Å².